The fourth-order valence-corrected chi connectivity index (χ4v) is 3.87. The van der Waals surface area contributed by atoms with Crippen molar-refractivity contribution in [2.75, 3.05) is 39.8 Å². The Morgan fingerprint density at radius 2 is 1.48 bits per heavy atom. The summed E-state index contributed by atoms with van der Waals surface area (Å²) in [5, 5.41) is 11.7. The highest BCUT2D eigenvalue weighted by Gasteiger charge is 2.08. The Labute approximate surface area is 174 Å². The monoisotopic (exact) mass is 391 g/mol. The molecule has 3 rings (SSSR count). The van der Waals surface area contributed by atoms with Crippen LogP contribution in [0, 0.1) is 0 Å². The molecule has 3 aromatic rings. The van der Waals surface area contributed by atoms with Crippen molar-refractivity contribution in [1.29, 1.82) is 0 Å². The largest absolute Gasteiger partial charge is 0.356 e. The molecule has 0 atom stereocenters. The van der Waals surface area contributed by atoms with Gasteiger partial charge in [0.2, 0.25) is 5.91 Å². The van der Waals surface area contributed by atoms with Crippen LogP contribution >= 0.6 is 0 Å². The fourth-order valence-electron chi connectivity index (χ4n) is 3.87. The number of carbonyl (C=O) groups excluding carboxylic acids is 1. The first-order valence-electron chi connectivity index (χ1n) is 10.7. The Bertz CT molecular complexity index is 884. The number of nitrogens with one attached hydrogen (secondary N) is 2. The standard InChI is InChI=1S/C25H33N3O/c1-20(29)27-16-7-14-26-15-8-17-28(2)18-13-25-23-11-5-3-9-21(23)19-22-10-4-6-12-24(22)25/h3-6,9-12,19,26H,7-8,13-18H2,1-2H3,(H,27,29). The van der Waals surface area contributed by atoms with Gasteiger partial charge in [-0.2, -0.15) is 0 Å². The van der Waals surface area contributed by atoms with Crippen molar-refractivity contribution < 1.29 is 4.79 Å². The van der Waals surface area contributed by atoms with Crippen LogP contribution in [0.4, 0.5) is 0 Å². The lowest BCUT2D eigenvalue weighted by molar-refractivity contribution is -0.118. The lowest BCUT2D eigenvalue weighted by Crippen LogP contribution is -2.28. The van der Waals surface area contributed by atoms with Crippen LogP contribution in [-0.2, 0) is 11.2 Å². The first-order chi connectivity index (χ1) is 14.1. The van der Waals surface area contributed by atoms with Gasteiger partial charge in [-0.15, -0.1) is 0 Å². The molecule has 0 aliphatic heterocycles. The van der Waals surface area contributed by atoms with Gasteiger partial charge in [0.1, 0.15) is 0 Å². The molecule has 0 saturated heterocycles. The van der Waals surface area contributed by atoms with E-state index in [1.54, 1.807) is 6.92 Å². The van der Waals surface area contributed by atoms with Crippen molar-refractivity contribution in [3.8, 4) is 0 Å². The zero-order chi connectivity index (χ0) is 20.5. The van der Waals surface area contributed by atoms with E-state index in [1.165, 1.54) is 27.1 Å². The van der Waals surface area contributed by atoms with E-state index in [-0.39, 0.29) is 5.91 Å². The summed E-state index contributed by atoms with van der Waals surface area (Å²) >= 11 is 0. The Hall–Kier alpha value is -2.43. The smallest absolute Gasteiger partial charge is 0.216 e. The summed E-state index contributed by atoms with van der Waals surface area (Å²) in [5.41, 5.74) is 1.46. The second-order valence-corrected chi connectivity index (χ2v) is 7.79. The highest BCUT2D eigenvalue weighted by molar-refractivity contribution is 6.02. The molecule has 0 radical (unpaired) electrons. The van der Waals surface area contributed by atoms with Gasteiger partial charge in [0, 0.05) is 20.0 Å². The average molecular weight is 392 g/mol. The van der Waals surface area contributed by atoms with Crippen molar-refractivity contribution >= 4 is 27.5 Å². The minimum Gasteiger partial charge on any atom is -0.356 e. The average Bonchev–Trinajstić information content (AvgIpc) is 2.72. The molecule has 0 aliphatic rings. The minimum atomic E-state index is 0.0468. The van der Waals surface area contributed by atoms with Crippen LogP contribution in [0.25, 0.3) is 21.5 Å². The van der Waals surface area contributed by atoms with Crippen LogP contribution in [0.1, 0.15) is 25.3 Å². The van der Waals surface area contributed by atoms with E-state index in [0.29, 0.717) is 0 Å². The molecule has 0 fully saturated rings. The number of hydrogen-bond donors (Lipinski definition) is 2. The SMILES string of the molecule is CC(=O)NCCCNCCCN(C)CCc1c2ccccc2cc2ccccc12. The van der Waals surface area contributed by atoms with Gasteiger partial charge in [-0.1, -0.05) is 48.5 Å². The highest BCUT2D eigenvalue weighted by Crippen LogP contribution is 2.28. The van der Waals surface area contributed by atoms with E-state index in [2.05, 4.69) is 77.2 Å². The molecule has 0 spiro atoms. The molecule has 0 saturated carbocycles. The van der Waals surface area contributed by atoms with Gasteiger partial charge in [-0.25, -0.2) is 0 Å². The molecule has 4 nitrogen and oxygen atoms in total. The summed E-state index contributed by atoms with van der Waals surface area (Å²) in [5.74, 6) is 0.0468. The summed E-state index contributed by atoms with van der Waals surface area (Å²) in [6, 6.07) is 19.8. The van der Waals surface area contributed by atoms with E-state index in [9.17, 15) is 4.79 Å². The highest BCUT2D eigenvalue weighted by atomic mass is 16.1. The molecule has 1 amide bonds. The third-order valence-corrected chi connectivity index (χ3v) is 5.42. The number of amides is 1. The molecule has 3 aromatic carbocycles. The third kappa shape index (κ3) is 6.28. The van der Waals surface area contributed by atoms with Crippen molar-refractivity contribution in [2.45, 2.75) is 26.2 Å². The van der Waals surface area contributed by atoms with Crippen LogP contribution in [0.15, 0.2) is 54.6 Å². The zero-order valence-corrected chi connectivity index (χ0v) is 17.7. The first kappa shape index (κ1) is 21.3. The van der Waals surface area contributed by atoms with E-state index >= 15 is 0 Å². The Kier molecular flexibility index (Phi) is 8.03. The van der Waals surface area contributed by atoms with Gasteiger partial charge in [-0.3, -0.25) is 4.79 Å². The summed E-state index contributed by atoms with van der Waals surface area (Å²) in [6.07, 6.45) is 3.17. The quantitative estimate of drug-likeness (QED) is 0.384. The first-order valence-corrected chi connectivity index (χ1v) is 10.7. The van der Waals surface area contributed by atoms with E-state index < -0.39 is 0 Å². The van der Waals surface area contributed by atoms with Gasteiger partial charge in [-0.05, 0) is 79.1 Å². The molecule has 0 aliphatic carbocycles. The van der Waals surface area contributed by atoms with Gasteiger partial charge < -0.3 is 15.5 Å². The summed E-state index contributed by atoms with van der Waals surface area (Å²) in [6.45, 7) is 6.42. The maximum Gasteiger partial charge on any atom is 0.216 e. The molecule has 0 unspecified atom stereocenters. The van der Waals surface area contributed by atoms with E-state index in [0.717, 1.165) is 52.0 Å². The van der Waals surface area contributed by atoms with Gasteiger partial charge in [0.15, 0.2) is 0 Å². The Morgan fingerprint density at radius 3 is 2.14 bits per heavy atom. The Morgan fingerprint density at radius 1 is 0.862 bits per heavy atom. The lowest BCUT2D eigenvalue weighted by atomic mass is 9.95. The van der Waals surface area contributed by atoms with Crippen LogP contribution < -0.4 is 10.6 Å². The number of carbonyl (C=O) groups is 1. The van der Waals surface area contributed by atoms with Crippen LogP contribution in [0.2, 0.25) is 0 Å². The van der Waals surface area contributed by atoms with Crippen LogP contribution in [-0.4, -0.2) is 50.6 Å². The summed E-state index contributed by atoms with van der Waals surface area (Å²) in [4.78, 5) is 13.3. The number of likely N-dealkylation sites (N-methyl/N-ethyl adjacent to an activating group) is 1. The molecule has 0 heterocycles. The maximum absolute atomic E-state index is 10.8. The number of rotatable bonds is 11. The molecule has 154 valence electrons. The molecule has 0 bridgehead atoms. The normalized spacial score (nSPS) is 11.4. The molecular formula is C25H33N3O. The predicted octanol–water partition coefficient (Wildman–Crippen LogP) is 3.97. The zero-order valence-electron chi connectivity index (χ0n) is 17.7. The lowest BCUT2D eigenvalue weighted by Gasteiger charge is -2.18. The summed E-state index contributed by atoms with van der Waals surface area (Å²) < 4.78 is 0. The van der Waals surface area contributed by atoms with Crippen molar-refractivity contribution in [1.82, 2.24) is 15.5 Å². The van der Waals surface area contributed by atoms with Crippen LogP contribution in [0.5, 0.6) is 0 Å². The van der Waals surface area contributed by atoms with Crippen molar-refractivity contribution in [2.24, 2.45) is 0 Å². The van der Waals surface area contributed by atoms with Crippen molar-refractivity contribution in [3.63, 3.8) is 0 Å². The number of nitrogens with zero attached hydrogens (tertiary/aromatic N) is 1. The molecular weight excluding hydrogens is 358 g/mol. The van der Waals surface area contributed by atoms with Gasteiger partial charge >= 0.3 is 0 Å². The fraction of sp³-hybridized carbons (Fsp3) is 0.400. The minimum absolute atomic E-state index is 0.0468. The van der Waals surface area contributed by atoms with E-state index in [1.807, 2.05) is 0 Å². The third-order valence-electron chi connectivity index (χ3n) is 5.42. The number of fused-ring (bicyclic) bond motifs is 2. The second-order valence-electron chi connectivity index (χ2n) is 7.79. The Balaban J connectivity index is 1.48. The predicted molar refractivity (Wildman–Crippen MR) is 123 cm³/mol. The van der Waals surface area contributed by atoms with Gasteiger partial charge in [0.25, 0.3) is 0 Å². The maximum atomic E-state index is 10.8. The molecule has 4 heteroatoms. The van der Waals surface area contributed by atoms with Crippen molar-refractivity contribution in [3.05, 3.63) is 60.2 Å². The number of benzene rings is 3. The van der Waals surface area contributed by atoms with Crippen LogP contribution in [0.3, 0.4) is 0 Å². The second kappa shape index (κ2) is 10.9. The molecule has 2 N–H and O–H groups in total. The summed E-state index contributed by atoms with van der Waals surface area (Å²) in [7, 11) is 2.21. The number of hydrogen-bond acceptors (Lipinski definition) is 3. The molecule has 0 aromatic heterocycles. The van der Waals surface area contributed by atoms with E-state index in [4.69, 9.17) is 0 Å². The molecule has 29 heavy (non-hydrogen) atoms. The topological polar surface area (TPSA) is 44.4 Å². The van der Waals surface area contributed by atoms with Gasteiger partial charge in [0.05, 0.1) is 0 Å².